The van der Waals surface area contributed by atoms with Gasteiger partial charge in [-0.1, -0.05) is 99.7 Å². The smallest absolute Gasteiger partial charge is 0.261 e. The number of carbonyl (C=O) groups is 1. The lowest BCUT2D eigenvalue weighted by atomic mass is 9.71. The van der Waals surface area contributed by atoms with Gasteiger partial charge < -0.3 is 4.43 Å². The molecule has 0 unspecified atom stereocenters. The molecule has 2 aliphatic rings. The van der Waals surface area contributed by atoms with E-state index in [-0.39, 0.29) is 16.2 Å². The molecule has 0 amide bonds. The molecule has 2 atom stereocenters. The summed E-state index contributed by atoms with van der Waals surface area (Å²) >= 11 is 0. The molecule has 2 aromatic carbocycles. The monoisotopic (exact) mass is 416 g/mol. The molecule has 2 aliphatic carbocycles. The maximum absolute atomic E-state index is 11.8. The van der Waals surface area contributed by atoms with Crippen LogP contribution in [0.3, 0.4) is 0 Å². The molecule has 0 heterocycles. The third-order valence-corrected chi connectivity index (χ3v) is 11.9. The highest BCUT2D eigenvalue weighted by Crippen LogP contribution is 2.47. The highest BCUT2D eigenvalue weighted by Gasteiger charge is 2.51. The van der Waals surface area contributed by atoms with Gasteiger partial charge in [0.05, 0.1) is 0 Å². The minimum atomic E-state index is -2.54. The van der Waals surface area contributed by atoms with Crippen LogP contribution in [0.5, 0.6) is 0 Å². The van der Waals surface area contributed by atoms with Crippen molar-refractivity contribution in [1.29, 1.82) is 0 Å². The summed E-state index contributed by atoms with van der Waals surface area (Å²) in [6, 6.07) is 21.6. The van der Waals surface area contributed by atoms with E-state index in [9.17, 15) is 4.79 Å². The largest absolute Gasteiger partial charge is 0.407 e. The summed E-state index contributed by atoms with van der Waals surface area (Å²) in [4.78, 5) is 11.8. The molecule has 30 heavy (non-hydrogen) atoms. The van der Waals surface area contributed by atoms with Crippen LogP contribution < -0.4 is 10.4 Å². The van der Waals surface area contributed by atoms with Crippen LogP contribution in [0.25, 0.3) is 0 Å². The average molecular weight is 417 g/mol. The molecule has 0 N–H and O–H groups in total. The Balaban J connectivity index is 1.73. The van der Waals surface area contributed by atoms with Crippen LogP contribution in [0, 0.1) is 11.3 Å². The van der Waals surface area contributed by atoms with Crippen molar-refractivity contribution in [1.82, 2.24) is 0 Å². The summed E-state index contributed by atoms with van der Waals surface area (Å²) < 4.78 is 7.17. The second-order valence-electron chi connectivity index (χ2n) is 9.75. The number of hydrogen-bond donors (Lipinski definition) is 0. The van der Waals surface area contributed by atoms with Gasteiger partial charge in [-0.2, -0.15) is 0 Å². The first-order chi connectivity index (χ1) is 14.4. The lowest BCUT2D eigenvalue weighted by molar-refractivity contribution is -0.115. The van der Waals surface area contributed by atoms with Crippen molar-refractivity contribution in [3.8, 4) is 0 Å². The van der Waals surface area contributed by atoms with Crippen molar-refractivity contribution in [2.24, 2.45) is 11.3 Å². The quantitative estimate of drug-likeness (QED) is 0.504. The standard InChI is InChI=1S/C27H32O2Si/c1-26(2,3)30(24-12-6-4-7-13-24,25-14-8-5-9-15-25)29-21-22-11-10-18-27(22)19-16-23(28)17-20-27/h4-16,19,22H,17-18,20-21H2,1-3H3/t22-,27+/m0/s1. The maximum Gasteiger partial charge on any atom is 0.261 e. The van der Waals surface area contributed by atoms with Crippen molar-refractivity contribution < 1.29 is 9.22 Å². The van der Waals surface area contributed by atoms with Gasteiger partial charge in [-0.3, -0.25) is 4.79 Å². The third kappa shape index (κ3) is 3.65. The van der Waals surface area contributed by atoms with Crippen LogP contribution in [-0.2, 0) is 9.22 Å². The van der Waals surface area contributed by atoms with Gasteiger partial charge in [-0.05, 0) is 34.3 Å². The van der Waals surface area contributed by atoms with Gasteiger partial charge in [0.1, 0.15) is 0 Å². The van der Waals surface area contributed by atoms with Gasteiger partial charge >= 0.3 is 0 Å². The van der Waals surface area contributed by atoms with Crippen molar-refractivity contribution in [2.45, 2.75) is 45.1 Å². The van der Waals surface area contributed by atoms with Gasteiger partial charge in [-0.15, -0.1) is 0 Å². The number of benzene rings is 2. The third-order valence-electron chi connectivity index (χ3n) is 6.94. The van der Waals surface area contributed by atoms with E-state index in [4.69, 9.17) is 4.43 Å². The molecule has 0 aliphatic heterocycles. The topological polar surface area (TPSA) is 26.3 Å². The first-order valence-electron chi connectivity index (χ1n) is 11.0. The van der Waals surface area contributed by atoms with E-state index in [0.29, 0.717) is 18.9 Å². The summed E-state index contributed by atoms with van der Waals surface area (Å²) in [5, 5.41) is 2.60. The minimum Gasteiger partial charge on any atom is -0.407 e. The fraction of sp³-hybridized carbons (Fsp3) is 0.370. The van der Waals surface area contributed by atoms with E-state index in [1.54, 1.807) is 6.08 Å². The highest BCUT2D eigenvalue weighted by molar-refractivity contribution is 6.99. The van der Waals surface area contributed by atoms with Crippen LogP contribution in [0.15, 0.2) is 85.0 Å². The second-order valence-corrected chi connectivity index (χ2v) is 14.1. The molecular weight excluding hydrogens is 384 g/mol. The fourth-order valence-electron chi connectivity index (χ4n) is 5.25. The van der Waals surface area contributed by atoms with Gasteiger partial charge in [0, 0.05) is 24.4 Å². The first kappa shape index (κ1) is 21.0. The SMILES string of the molecule is CC(C)(C)[Si](OC[C@@H]1C=CC[C@]12C=CC(=O)CC2)(c1ccccc1)c1ccccc1. The molecule has 0 saturated heterocycles. The van der Waals surface area contributed by atoms with Crippen LogP contribution >= 0.6 is 0 Å². The Labute approximate surface area is 181 Å². The van der Waals surface area contributed by atoms with Crippen LogP contribution in [-0.4, -0.2) is 20.7 Å². The van der Waals surface area contributed by atoms with E-state index in [1.165, 1.54) is 10.4 Å². The van der Waals surface area contributed by atoms with E-state index < -0.39 is 8.32 Å². The molecule has 2 aromatic rings. The minimum absolute atomic E-state index is 0.0242. The van der Waals surface area contributed by atoms with Gasteiger partial charge in [0.25, 0.3) is 8.32 Å². The lowest BCUT2D eigenvalue weighted by Gasteiger charge is -2.45. The Morgan fingerprint density at radius 3 is 2.10 bits per heavy atom. The van der Waals surface area contributed by atoms with E-state index in [0.717, 1.165) is 12.8 Å². The van der Waals surface area contributed by atoms with Crippen molar-refractivity contribution >= 4 is 24.5 Å². The zero-order chi connectivity index (χ0) is 21.2. The molecule has 0 fully saturated rings. The van der Waals surface area contributed by atoms with Crippen molar-refractivity contribution in [2.75, 3.05) is 6.61 Å². The zero-order valence-corrected chi connectivity index (χ0v) is 19.3. The summed E-state index contributed by atoms with van der Waals surface area (Å²) in [6.45, 7) is 7.64. The van der Waals surface area contributed by atoms with Gasteiger partial charge in [0.15, 0.2) is 5.78 Å². The van der Waals surface area contributed by atoms with Gasteiger partial charge in [-0.25, -0.2) is 0 Å². The molecule has 0 aromatic heterocycles. The van der Waals surface area contributed by atoms with Gasteiger partial charge in [0.2, 0.25) is 0 Å². The molecule has 0 bridgehead atoms. The Hall–Kier alpha value is -2.23. The van der Waals surface area contributed by atoms with Crippen molar-refractivity contribution in [3.05, 3.63) is 85.0 Å². The molecule has 2 nitrogen and oxygen atoms in total. The summed E-state index contributed by atoms with van der Waals surface area (Å²) in [5.74, 6) is 0.558. The molecule has 3 heteroatoms. The first-order valence-corrected chi connectivity index (χ1v) is 12.9. The van der Waals surface area contributed by atoms with Crippen LogP contribution in [0.4, 0.5) is 0 Å². The Morgan fingerprint density at radius 1 is 1.00 bits per heavy atom. The lowest BCUT2D eigenvalue weighted by Crippen LogP contribution is -2.67. The molecule has 0 radical (unpaired) electrons. The second kappa shape index (κ2) is 8.13. The normalized spacial score (nSPS) is 24.0. The summed E-state index contributed by atoms with van der Waals surface area (Å²) in [6.07, 6.45) is 11.1. The van der Waals surface area contributed by atoms with Crippen molar-refractivity contribution in [3.63, 3.8) is 0 Å². The molecule has 0 saturated carbocycles. The average Bonchev–Trinajstić information content (AvgIpc) is 3.13. The number of allylic oxidation sites excluding steroid dienone is 3. The Morgan fingerprint density at radius 2 is 1.60 bits per heavy atom. The predicted octanol–water partition coefficient (Wildman–Crippen LogP) is 5.04. The van der Waals surface area contributed by atoms with Crippen LogP contribution in [0.2, 0.25) is 5.04 Å². The summed E-state index contributed by atoms with van der Waals surface area (Å²) in [7, 11) is -2.54. The maximum atomic E-state index is 11.8. The fourth-order valence-corrected chi connectivity index (χ4v) is 9.84. The highest BCUT2D eigenvalue weighted by atomic mass is 28.4. The van der Waals surface area contributed by atoms with E-state index in [2.05, 4.69) is 99.7 Å². The van der Waals surface area contributed by atoms with E-state index in [1.807, 2.05) is 0 Å². The molecular formula is C27H32O2Si. The number of ketones is 1. The van der Waals surface area contributed by atoms with Crippen LogP contribution in [0.1, 0.15) is 40.0 Å². The van der Waals surface area contributed by atoms with E-state index >= 15 is 0 Å². The molecule has 4 rings (SSSR count). The Kier molecular flexibility index (Phi) is 5.69. The Bertz CT molecular complexity index is 900. The molecule has 1 spiro atoms. The zero-order valence-electron chi connectivity index (χ0n) is 18.3. The molecule has 156 valence electrons. The predicted molar refractivity (Wildman–Crippen MR) is 127 cm³/mol. The number of hydrogen-bond acceptors (Lipinski definition) is 2. The summed E-state index contributed by atoms with van der Waals surface area (Å²) in [5.41, 5.74) is 0.0410. The number of rotatable bonds is 5. The number of carbonyl (C=O) groups excluding carboxylic acids is 1.